The number of hydrogen-bond donors (Lipinski definition) is 1. The number of halogens is 1. The highest BCUT2D eigenvalue weighted by Crippen LogP contribution is 2.42. The molecule has 0 heterocycles. The predicted molar refractivity (Wildman–Crippen MR) is 89.4 cm³/mol. The van der Waals surface area contributed by atoms with Crippen molar-refractivity contribution < 1.29 is 0 Å². The zero-order valence-corrected chi connectivity index (χ0v) is 13.2. The maximum Gasteiger partial charge on any atom is 0.0542 e. The molecule has 0 amide bonds. The lowest BCUT2D eigenvalue weighted by Gasteiger charge is -2.20. The van der Waals surface area contributed by atoms with Gasteiger partial charge in [0.1, 0.15) is 0 Å². The van der Waals surface area contributed by atoms with Gasteiger partial charge in [0, 0.05) is 9.26 Å². The van der Waals surface area contributed by atoms with Crippen LogP contribution in [0.25, 0.3) is 0 Å². The molecule has 0 bridgehead atoms. The number of rotatable bonds is 4. The van der Waals surface area contributed by atoms with Crippen LogP contribution in [0.2, 0.25) is 0 Å². The van der Waals surface area contributed by atoms with E-state index in [0.29, 0.717) is 6.04 Å². The third-order valence-electron chi connectivity index (χ3n) is 3.68. The molecule has 1 nitrogen and oxygen atoms in total. The Labute approximate surface area is 128 Å². The number of benzene rings is 2. The smallest absolute Gasteiger partial charge is 0.0542 e. The molecule has 0 aliphatic heterocycles. The van der Waals surface area contributed by atoms with Crippen molar-refractivity contribution in [1.29, 1.82) is 0 Å². The molecule has 1 atom stereocenters. The Morgan fingerprint density at radius 3 is 2.47 bits per heavy atom. The molecule has 2 aromatic rings. The van der Waals surface area contributed by atoms with Gasteiger partial charge in [-0.25, -0.2) is 0 Å². The quantitative estimate of drug-likeness (QED) is 0.740. The minimum Gasteiger partial charge on any atom is -0.378 e. The SMILES string of the molecule is Cc1ccc(C(Nc2cccc(I)c2)C2CC2)cc1. The topological polar surface area (TPSA) is 12.0 Å². The predicted octanol–water partition coefficient (Wildman–Crippen LogP) is 5.16. The van der Waals surface area contributed by atoms with Crippen molar-refractivity contribution in [1.82, 2.24) is 0 Å². The Morgan fingerprint density at radius 2 is 1.84 bits per heavy atom. The second kappa shape index (κ2) is 5.53. The highest BCUT2D eigenvalue weighted by Gasteiger charge is 2.32. The fourth-order valence-electron chi connectivity index (χ4n) is 2.43. The Balaban J connectivity index is 1.83. The molecule has 1 unspecified atom stereocenters. The molecule has 2 heteroatoms. The number of hydrogen-bond acceptors (Lipinski definition) is 1. The summed E-state index contributed by atoms with van der Waals surface area (Å²) in [5, 5.41) is 3.71. The lowest BCUT2D eigenvalue weighted by molar-refractivity contribution is 0.679. The van der Waals surface area contributed by atoms with Crippen LogP contribution >= 0.6 is 22.6 Å². The van der Waals surface area contributed by atoms with E-state index in [-0.39, 0.29) is 0 Å². The van der Waals surface area contributed by atoms with E-state index >= 15 is 0 Å². The van der Waals surface area contributed by atoms with Gasteiger partial charge in [-0.1, -0.05) is 35.9 Å². The lowest BCUT2D eigenvalue weighted by Crippen LogP contribution is -2.12. The molecule has 98 valence electrons. The van der Waals surface area contributed by atoms with E-state index in [0.717, 1.165) is 5.92 Å². The van der Waals surface area contributed by atoms with Gasteiger partial charge in [0.05, 0.1) is 6.04 Å². The zero-order valence-electron chi connectivity index (χ0n) is 11.1. The van der Waals surface area contributed by atoms with Crippen molar-refractivity contribution in [3.63, 3.8) is 0 Å². The van der Waals surface area contributed by atoms with E-state index in [1.165, 1.54) is 33.2 Å². The van der Waals surface area contributed by atoms with Gasteiger partial charge in [0.25, 0.3) is 0 Å². The maximum atomic E-state index is 3.71. The summed E-state index contributed by atoms with van der Waals surface area (Å²) >= 11 is 2.36. The minimum absolute atomic E-state index is 0.457. The van der Waals surface area contributed by atoms with Crippen LogP contribution in [0.1, 0.15) is 30.0 Å². The second-order valence-corrected chi connectivity index (χ2v) is 6.63. The van der Waals surface area contributed by atoms with Crippen LogP contribution in [0.3, 0.4) is 0 Å². The minimum atomic E-state index is 0.457. The van der Waals surface area contributed by atoms with Gasteiger partial charge in [-0.05, 0) is 72.0 Å². The molecule has 1 saturated carbocycles. The highest BCUT2D eigenvalue weighted by atomic mass is 127. The van der Waals surface area contributed by atoms with E-state index in [2.05, 4.69) is 83.4 Å². The summed E-state index contributed by atoms with van der Waals surface area (Å²) in [5.74, 6) is 0.792. The molecule has 1 aliphatic carbocycles. The normalized spacial score (nSPS) is 16.1. The van der Waals surface area contributed by atoms with Gasteiger partial charge in [0.2, 0.25) is 0 Å². The van der Waals surface area contributed by atoms with Crippen molar-refractivity contribution >= 4 is 28.3 Å². The number of aryl methyl sites for hydroxylation is 1. The fourth-order valence-corrected chi connectivity index (χ4v) is 2.98. The highest BCUT2D eigenvalue weighted by molar-refractivity contribution is 14.1. The van der Waals surface area contributed by atoms with E-state index in [1.54, 1.807) is 0 Å². The van der Waals surface area contributed by atoms with Crippen LogP contribution < -0.4 is 5.32 Å². The molecule has 19 heavy (non-hydrogen) atoms. The van der Waals surface area contributed by atoms with Crippen molar-refractivity contribution in [3.8, 4) is 0 Å². The average Bonchev–Trinajstić information content (AvgIpc) is 3.22. The van der Waals surface area contributed by atoms with E-state index in [1.807, 2.05) is 0 Å². The van der Waals surface area contributed by atoms with Crippen LogP contribution in [0.15, 0.2) is 48.5 Å². The van der Waals surface area contributed by atoms with Crippen molar-refractivity contribution in [2.75, 3.05) is 5.32 Å². The van der Waals surface area contributed by atoms with Crippen LogP contribution in [0, 0.1) is 16.4 Å². The van der Waals surface area contributed by atoms with Crippen LogP contribution in [0.5, 0.6) is 0 Å². The first-order chi connectivity index (χ1) is 9.22. The summed E-state index contributed by atoms with van der Waals surface area (Å²) in [4.78, 5) is 0. The van der Waals surface area contributed by atoms with Crippen LogP contribution in [-0.2, 0) is 0 Å². The molecule has 1 aliphatic rings. The van der Waals surface area contributed by atoms with Gasteiger partial charge in [-0.3, -0.25) is 0 Å². The molecule has 3 rings (SSSR count). The average molecular weight is 363 g/mol. The van der Waals surface area contributed by atoms with Gasteiger partial charge < -0.3 is 5.32 Å². The molecule has 2 aromatic carbocycles. The monoisotopic (exact) mass is 363 g/mol. The van der Waals surface area contributed by atoms with Gasteiger partial charge in [-0.15, -0.1) is 0 Å². The van der Waals surface area contributed by atoms with E-state index < -0.39 is 0 Å². The maximum absolute atomic E-state index is 3.71. The Bertz CT molecular complexity index is 558. The van der Waals surface area contributed by atoms with Crippen LogP contribution in [-0.4, -0.2) is 0 Å². The molecule has 0 aromatic heterocycles. The molecular formula is C17H18IN. The molecule has 1 N–H and O–H groups in total. The molecule has 0 radical (unpaired) electrons. The second-order valence-electron chi connectivity index (χ2n) is 5.38. The summed E-state index contributed by atoms with van der Waals surface area (Å²) in [5.41, 5.74) is 3.96. The van der Waals surface area contributed by atoms with Gasteiger partial charge >= 0.3 is 0 Å². The molecule has 0 spiro atoms. The summed E-state index contributed by atoms with van der Waals surface area (Å²) in [7, 11) is 0. The zero-order chi connectivity index (χ0) is 13.2. The number of nitrogens with one attached hydrogen (secondary N) is 1. The summed E-state index contributed by atoms with van der Waals surface area (Å²) in [6.07, 6.45) is 2.69. The summed E-state index contributed by atoms with van der Waals surface area (Å²) in [6.45, 7) is 2.14. The fraction of sp³-hybridized carbons (Fsp3) is 0.294. The molecule has 0 saturated heterocycles. The van der Waals surface area contributed by atoms with Gasteiger partial charge in [-0.2, -0.15) is 0 Å². The van der Waals surface area contributed by atoms with Crippen LogP contribution in [0.4, 0.5) is 5.69 Å². The largest absolute Gasteiger partial charge is 0.378 e. The van der Waals surface area contributed by atoms with Crippen molar-refractivity contribution in [2.45, 2.75) is 25.8 Å². The van der Waals surface area contributed by atoms with Crippen molar-refractivity contribution in [2.24, 2.45) is 5.92 Å². The molecular weight excluding hydrogens is 345 g/mol. The van der Waals surface area contributed by atoms with E-state index in [4.69, 9.17) is 0 Å². The number of anilines is 1. The molecule has 1 fully saturated rings. The van der Waals surface area contributed by atoms with E-state index in [9.17, 15) is 0 Å². The summed E-state index contributed by atoms with van der Waals surface area (Å²) in [6, 6.07) is 18.0. The Kier molecular flexibility index (Phi) is 3.78. The first-order valence-corrected chi connectivity index (χ1v) is 7.89. The first kappa shape index (κ1) is 13.0. The third-order valence-corrected chi connectivity index (χ3v) is 4.35. The Hall–Kier alpha value is -1.03. The third kappa shape index (κ3) is 3.30. The standard InChI is InChI=1S/C17H18IN/c1-12-5-7-13(8-6-12)17(14-9-10-14)19-16-4-2-3-15(18)11-16/h2-8,11,14,17,19H,9-10H2,1H3. The van der Waals surface area contributed by atoms with Gasteiger partial charge in [0.15, 0.2) is 0 Å². The first-order valence-electron chi connectivity index (χ1n) is 6.81. The Morgan fingerprint density at radius 1 is 1.11 bits per heavy atom. The lowest BCUT2D eigenvalue weighted by atomic mass is 10.0. The summed E-state index contributed by atoms with van der Waals surface area (Å²) < 4.78 is 1.28. The van der Waals surface area contributed by atoms with Crippen molar-refractivity contribution in [3.05, 3.63) is 63.2 Å².